The third-order valence-corrected chi connectivity index (χ3v) is 7.75. The second kappa shape index (κ2) is 8.59. The average Bonchev–Trinajstić information content (AvgIpc) is 3.57. The lowest BCUT2D eigenvalue weighted by Gasteiger charge is -2.42. The van der Waals surface area contributed by atoms with Crippen LogP contribution < -0.4 is 21.4 Å². The third-order valence-electron chi connectivity index (χ3n) is 7.75. The summed E-state index contributed by atoms with van der Waals surface area (Å²) in [6, 6.07) is 7.06. The van der Waals surface area contributed by atoms with Gasteiger partial charge >= 0.3 is 24.0 Å². The van der Waals surface area contributed by atoms with Crippen LogP contribution in [0, 0.1) is 5.92 Å². The molecule has 39 heavy (non-hydrogen) atoms. The molecule has 0 radical (unpaired) electrons. The van der Waals surface area contributed by atoms with E-state index in [9.17, 15) is 32.3 Å². The van der Waals surface area contributed by atoms with Crippen molar-refractivity contribution in [3.63, 3.8) is 0 Å². The van der Waals surface area contributed by atoms with Crippen molar-refractivity contribution in [2.75, 3.05) is 11.4 Å². The molecule has 0 saturated carbocycles. The fourth-order valence-electron chi connectivity index (χ4n) is 5.82. The molecule has 2 fully saturated rings. The van der Waals surface area contributed by atoms with Crippen LogP contribution in [0.5, 0.6) is 0 Å². The van der Waals surface area contributed by atoms with Crippen LogP contribution in [-0.4, -0.2) is 44.8 Å². The lowest BCUT2D eigenvalue weighted by molar-refractivity contribution is -0.138. The molecule has 2 N–H and O–H groups in total. The van der Waals surface area contributed by atoms with E-state index in [0.717, 1.165) is 11.0 Å². The number of carbonyl (C=O) groups excluding carboxylic acids is 3. The topological polar surface area (TPSA) is 118 Å². The number of anilines is 1. The number of carbonyl (C=O) groups is 3. The Kier molecular flexibility index (Phi) is 5.50. The van der Waals surface area contributed by atoms with Gasteiger partial charge in [0, 0.05) is 26.3 Å². The Morgan fingerprint density at radius 2 is 1.74 bits per heavy atom. The summed E-state index contributed by atoms with van der Waals surface area (Å²) in [5.41, 5.74) is 3.27. The fourth-order valence-corrected chi connectivity index (χ4v) is 5.82. The van der Waals surface area contributed by atoms with Gasteiger partial charge in [-0.3, -0.25) is 23.7 Å². The Morgan fingerprint density at radius 1 is 1.00 bits per heavy atom. The van der Waals surface area contributed by atoms with Gasteiger partial charge in [0.1, 0.15) is 6.17 Å². The van der Waals surface area contributed by atoms with Gasteiger partial charge in [-0.2, -0.15) is 13.2 Å². The SMILES string of the molecule is Cn1c(=O)n(C)c2cc(N3CC(C4NOC(=O)N4)C(=O)N(C4CCc5c4cccc5C(F)(F)F)C3=O)ccc21. The molecule has 6 rings (SSSR count). The fraction of sp³-hybridized carbons (Fsp3) is 0.360. The molecule has 0 spiro atoms. The quantitative estimate of drug-likeness (QED) is 0.524. The summed E-state index contributed by atoms with van der Waals surface area (Å²) < 4.78 is 44.0. The van der Waals surface area contributed by atoms with Crippen LogP contribution in [-0.2, 0) is 36.3 Å². The van der Waals surface area contributed by atoms with Crippen molar-refractivity contribution < 1.29 is 32.4 Å². The molecule has 14 heteroatoms. The number of fused-ring (bicyclic) bond motifs is 2. The van der Waals surface area contributed by atoms with E-state index in [4.69, 9.17) is 4.84 Å². The zero-order valence-electron chi connectivity index (χ0n) is 20.8. The number of benzene rings is 2. The highest BCUT2D eigenvalue weighted by molar-refractivity contribution is 6.08. The van der Waals surface area contributed by atoms with E-state index in [1.54, 1.807) is 32.3 Å². The number of nitrogens with zero attached hydrogens (tertiary/aromatic N) is 4. The number of urea groups is 1. The first-order valence-corrected chi connectivity index (χ1v) is 12.2. The van der Waals surface area contributed by atoms with E-state index < -0.39 is 47.9 Å². The smallest absolute Gasteiger partial charge is 0.352 e. The van der Waals surface area contributed by atoms with Crippen LogP contribution in [0.4, 0.5) is 28.4 Å². The average molecular weight is 544 g/mol. The van der Waals surface area contributed by atoms with Crippen LogP contribution in [0.3, 0.4) is 0 Å². The predicted octanol–water partition coefficient (Wildman–Crippen LogP) is 2.54. The van der Waals surface area contributed by atoms with Crippen molar-refractivity contribution >= 4 is 34.8 Å². The number of hydroxylamine groups is 1. The minimum absolute atomic E-state index is 0.0387. The number of imide groups is 1. The molecule has 4 amide bonds. The monoisotopic (exact) mass is 544 g/mol. The maximum Gasteiger partial charge on any atom is 0.427 e. The molecular weight excluding hydrogens is 521 g/mol. The largest absolute Gasteiger partial charge is 0.427 e. The highest BCUT2D eigenvalue weighted by Gasteiger charge is 2.50. The number of hydrogen-bond acceptors (Lipinski definition) is 6. The Morgan fingerprint density at radius 3 is 2.44 bits per heavy atom. The second-order valence-corrected chi connectivity index (χ2v) is 9.84. The Hall–Kier alpha value is -4.33. The van der Waals surface area contributed by atoms with Gasteiger partial charge < -0.3 is 10.2 Å². The summed E-state index contributed by atoms with van der Waals surface area (Å²) in [5.74, 6) is -1.66. The highest BCUT2D eigenvalue weighted by Crippen LogP contribution is 2.44. The lowest BCUT2D eigenvalue weighted by atomic mass is 9.96. The van der Waals surface area contributed by atoms with Crippen molar-refractivity contribution in [1.29, 1.82) is 0 Å². The number of alkyl halides is 3. The first-order chi connectivity index (χ1) is 18.5. The van der Waals surface area contributed by atoms with Gasteiger partial charge in [-0.25, -0.2) is 14.4 Å². The van der Waals surface area contributed by atoms with E-state index in [0.29, 0.717) is 16.7 Å². The lowest BCUT2D eigenvalue weighted by Crippen LogP contribution is -2.62. The van der Waals surface area contributed by atoms with Crippen molar-refractivity contribution in [3.05, 3.63) is 63.6 Å². The molecule has 204 valence electrons. The number of rotatable bonds is 3. The van der Waals surface area contributed by atoms with Crippen LogP contribution in [0.1, 0.15) is 29.2 Å². The molecule has 3 aliphatic rings. The van der Waals surface area contributed by atoms with E-state index in [1.165, 1.54) is 26.2 Å². The number of amides is 4. The molecule has 2 aromatic carbocycles. The first-order valence-electron chi connectivity index (χ1n) is 12.2. The molecule has 1 aromatic heterocycles. The Balaban J connectivity index is 1.45. The van der Waals surface area contributed by atoms with Crippen LogP contribution in [0.2, 0.25) is 0 Å². The number of imidazole rings is 1. The molecule has 3 unspecified atom stereocenters. The summed E-state index contributed by atoms with van der Waals surface area (Å²) in [4.78, 5) is 58.9. The Bertz CT molecular complexity index is 1610. The molecule has 3 atom stereocenters. The molecule has 2 saturated heterocycles. The minimum Gasteiger partial charge on any atom is -0.352 e. The van der Waals surface area contributed by atoms with E-state index in [-0.39, 0.29) is 36.2 Å². The summed E-state index contributed by atoms with van der Waals surface area (Å²) in [6.07, 6.45) is -6.20. The normalized spacial score (nSPS) is 23.4. The van der Waals surface area contributed by atoms with Gasteiger partial charge in [0.05, 0.1) is 28.6 Å². The van der Waals surface area contributed by atoms with Gasteiger partial charge in [0.15, 0.2) is 0 Å². The summed E-state index contributed by atoms with van der Waals surface area (Å²) in [6.45, 7) is -0.149. The summed E-state index contributed by atoms with van der Waals surface area (Å²) in [5, 5.41) is 2.49. The third kappa shape index (κ3) is 3.77. The molecular formula is C25H23F3N6O5. The van der Waals surface area contributed by atoms with Crippen LogP contribution in [0.25, 0.3) is 11.0 Å². The standard InChI is InChI=1S/C25H23F3N6O5/c1-31-18-8-6-12(10-19(18)32(2)23(31)37)33-11-15(20-29-22(36)39-30-20)21(35)34(24(33)38)17-9-7-13-14(17)4-3-5-16(13)25(26,27)28/h3-6,8,10,15,17,20,30H,7,9,11H2,1-2H3,(H,29,36). The molecule has 3 heterocycles. The number of aromatic nitrogens is 2. The molecule has 0 bridgehead atoms. The zero-order chi connectivity index (χ0) is 27.8. The Labute approximate surface area is 218 Å². The van der Waals surface area contributed by atoms with Crippen molar-refractivity contribution in [2.24, 2.45) is 20.0 Å². The van der Waals surface area contributed by atoms with Gasteiger partial charge in [-0.1, -0.05) is 12.1 Å². The molecule has 11 nitrogen and oxygen atoms in total. The van der Waals surface area contributed by atoms with E-state index >= 15 is 0 Å². The van der Waals surface area contributed by atoms with Crippen molar-refractivity contribution in [3.8, 4) is 0 Å². The van der Waals surface area contributed by atoms with Crippen LogP contribution in [0.15, 0.2) is 41.2 Å². The number of halogens is 3. The van der Waals surface area contributed by atoms with Crippen LogP contribution >= 0.6 is 0 Å². The van der Waals surface area contributed by atoms with Gasteiger partial charge in [0.2, 0.25) is 5.91 Å². The molecule has 2 aliphatic heterocycles. The molecule has 1 aliphatic carbocycles. The molecule has 3 aromatic rings. The summed E-state index contributed by atoms with van der Waals surface area (Å²) >= 11 is 0. The van der Waals surface area contributed by atoms with Gasteiger partial charge in [-0.15, -0.1) is 5.48 Å². The number of aryl methyl sites for hydroxylation is 2. The van der Waals surface area contributed by atoms with Crippen molar-refractivity contribution in [2.45, 2.75) is 31.2 Å². The highest BCUT2D eigenvalue weighted by atomic mass is 19.4. The van der Waals surface area contributed by atoms with E-state index in [2.05, 4.69) is 10.8 Å². The maximum absolute atomic E-state index is 13.9. The van der Waals surface area contributed by atoms with Gasteiger partial charge in [0.25, 0.3) is 0 Å². The van der Waals surface area contributed by atoms with Gasteiger partial charge in [-0.05, 0) is 48.2 Å². The van der Waals surface area contributed by atoms with Crippen molar-refractivity contribution in [1.82, 2.24) is 24.8 Å². The summed E-state index contributed by atoms with van der Waals surface area (Å²) in [7, 11) is 3.21. The zero-order valence-corrected chi connectivity index (χ0v) is 20.8. The number of nitrogens with one attached hydrogen (secondary N) is 2. The first kappa shape index (κ1) is 25.0. The predicted molar refractivity (Wildman–Crippen MR) is 130 cm³/mol. The number of hydrogen-bond donors (Lipinski definition) is 2. The maximum atomic E-state index is 13.9. The second-order valence-electron chi connectivity index (χ2n) is 9.84. The van der Waals surface area contributed by atoms with E-state index in [1.807, 2.05) is 0 Å². The minimum atomic E-state index is -4.58.